The Kier molecular flexibility index (Phi) is 3.03. The normalized spacial score (nSPS) is 17.4. The number of carbonyl (C=O) groups excluding carboxylic acids is 1. The molecule has 0 spiro atoms. The average molecular weight is 234 g/mol. The van der Waals surface area contributed by atoms with Gasteiger partial charge in [-0.25, -0.2) is 4.39 Å². The van der Waals surface area contributed by atoms with Gasteiger partial charge in [0.05, 0.1) is 5.70 Å². The molecule has 1 rings (SSSR count). The Morgan fingerprint density at radius 3 is 2.92 bits per heavy atom. The number of allylic oxidation sites excluding steroid dienone is 3. The summed E-state index contributed by atoms with van der Waals surface area (Å²) >= 11 is 3.26. The Morgan fingerprint density at radius 1 is 1.67 bits per heavy atom. The first-order chi connectivity index (χ1) is 5.59. The summed E-state index contributed by atoms with van der Waals surface area (Å²) in [5.41, 5.74) is 0.534. The SMILES string of the molecule is CC(=O)NC1=C(Br)CCC(F)=C1. The summed E-state index contributed by atoms with van der Waals surface area (Å²) < 4.78 is 13.6. The first-order valence-corrected chi connectivity index (χ1v) is 4.41. The molecule has 0 fully saturated rings. The number of amides is 1. The highest BCUT2D eigenvalue weighted by molar-refractivity contribution is 9.11. The molecule has 0 heterocycles. The smallest absolute Gasteiger partial charge is 0.221 e. The zero-order valence-corrected chi connectivity index (χ0v) is 8.24. The second kappa shape index (κ2) is 3.85. The van der Waals surface area contributed by atoms with Gasteiger partial charge in [-0.05, 0) is 12.5 Å². The van der Waals surface area contributed by atoms with Crippen LogP contribution in [0.4, 0.5) is 4.39 Å². The van der Waals surface area contributed by atoms with Crippen molar-refractivity contribution in [3.05, 3.63) is 22.1 Å². The maximum atomic E-state index is 12.7. The van der Waals surface area contributed by atoms with Crippen molar-refractivity contribution < 1.29 is 9.18 Å². The molecule has 1 N–H and O–H groups in total. The molecule has 0 aromatic rings. The Labute approximate surface area is 78.7 Å². The van der Waals surface area contributed by atoms with Crippen molar-refractivity contribution in [2.24, 2.45) is 0 Å². The van der Waals surface area contributed by atoms with E-state index in [9.17, 15) is 9.18 Å². The molecule has 66 valence electrons. The first kappa shape index (κ1) is 9.45. The lowest BCUT2D eigenvalue weighted by molar-refractivity contribution is -0.118. The van der Waals surface area contributed by atoms with Crippen LogP contribution in [-0.2, 0) is 4.79 Å². The van der Waals surface area contributed by atoms with Crippen molar-refractivity contribution in [3.8, 4) is 0 Å². The molecule has 4 heteroatoms. The quantitative estimate of drug-likeness (QED) is 0.741. The molecule has 2 nitrogen and oxygen atoms in total. The van der Waals surface area contributed by atoms with E-state index in [1.807, 2.05) is 0 Å². The highest BCUT2D eigenvalue weighted by atomic mass is 79.9. The van der Waals surface area contributed by atoms with Gasteiger partial charge in [-0.15, -0.1) is 0 Å². The number of rotatable bonds is 1. The monoisotopic (exact) mass is 233 g/mol. The van der Waals surface area contributed by atoms with Crippen LogP contribution in [-0.4, -0.2) is 5.91 Å². The van der Waals surface area contributed by atoms with Crippen molar-refractivity contribution in [1.29, 1.82) is 0 Å². The fourth-order valence-corrected chi connectivity index (χ4v) is 1.38. The van der Waals surface area contributed by atoms with Crippen LogP contribution in [0.2, 0.25) is 0 Å². The largest absolute Gasteiger partial charge is 0.326 e. The van der Waals surface area contributed by atoms with Gasteiger partial charge in [0.1, 0.15) is 5.83 Å². The van der Waals surface area contributed by atoms with Gasteiger partial charge in [0.2, 0.25) is 5.91 Å². The molecular formula is C8H9BrFNO. The summed E-state index contributed by atoms with van der Waals surface area (Å²) in [7, 11) is 0. The fourth-order valence-electron chi connectivity index (χ4n) is 0.964. The zero-order valence-electron chi connectivity index (χ0n) is 6.66. The maximum Gasteiger partial charge on any atom is 0.221 e. The lowest BCUT2D eigenvalue weighted by atomic mass is 10.1. The lowest BCUT2D eigenvalue weighted by Crippen LogP contribution is -2.20. The highest BCUT2D eigenvalue weighted by Crippen LogP contribution is 2.26. The van der Waals surface area contributed by atoms with E-state index in [4.69, 9.17) is 0 Å². The highest BCUT2D eigenvalue weighted by Gasteiger charge is 2.11. The van der Waals surface area contributed by atoms with Crippen LogP contribution >= 0.6 is 15.9 Å². The second-order valence-electron chi connectivity index (χ2n) is 2.59. The van der Waals surface area contributed by atoms with Gasteiger partial charge in [-0.1, -0.05) is 15.9 Å². The molecular weight excluding hydrogens is 225 g/mol. The van der Waals surface area contributed by atoms with Gasteiger partial charge < -0.3 is 5.32 Å². The Hall–Kier alpha value is -0.640. The molecule has 12 heavy (non-hydrogen) atoms. The third kappa shape index (κ3) is 2.44. The minimum Gasteiger partial charge on any atom is -0.326 e. The summed E-state index contributed by atoms with van der Waals surface area (Å²) in [5, 5.41) is 2.54. The molecule has 0 saturated heterocycles. The number of hydrogen-bond acceptors (Lipinski definition) is 1. The molecule has 0 bridgehead atoms. The predicted molar refractivity (Wildman–Crippen MR) is 48.2 cm³/mol. The van der Waals surface area contributed by atoms with Crippen LogP contribution in [0.1, 0.15) is 19.8 Å². The molecule has 0 aliphatic heterocycles. The van der Waals surface area contributed by atoms with Crippen LogP contribution in [0.3, 0.4) is 0 Å². The fraction of sp³-hybridized carbons (Fsp3) is 0.375. The van der Waals surface area contributed by atoms with E-state index >= 15 is 0 Å². The molecule has 1 aliphatic carbocycles. The first-order valence-electron chi connectivity index (χ1n) is 3.62. The molecule has 0 aromatic carbocycles. The third-order valence-electron chi connectivity index (χ3n) is 1.49. The topological polar surface area (TPSA) is 29.1 Å². The van der Waals surface area contributed by atoms with E-state index in [1.165, 1.54) is 13.0 Å². The molecule has 0 unspecified atom stereocenters. The van der Waals surface area contributed by atoms with E-state index < -0.39 is 0 Å². The molecule has 0 aromatic heterocycles. The van der Waals surface area contributed by atoms with Crippen molar-refractivity contribution in [2.45, 2.75) is 19.8 Å². The van der Waals surface area contributed by atoms with Gasteiger partial charge in [0.15, 0.2) is 0 Å². The van der Waals surface area contributed by atoms with Gasteiger partial charge in [0, 0.05) is 17.8 Å². The number of nitrogens with one attached hydrogen (secondary N) is 1. The van der Waals surface area contributed by atoms with E-state index in [0.29, 0.717) is 18.5 Å². The summed E-state index contributed by atoms with van der Waals surface area (Å²) in [5.74, 6) is -0.380. The van der Waals surface area contributed by atoms with Crippen molar-refractivity contribution in [1.82, 2.24) is 5.32 Å². The van der Waals surface area contributed by atoms with E-state index in [-0.39, 0.29) is 11.7 Å². The van der Waals surface area contributed by atoms with Crippen molar-refractivity contribution >= 4 is 21.8 Å². The lowest BCUT2D eigenvalue weighted by Gasteiger charge is -2.12. The minimum atomic E-state index is -0.193. The predicted octanol–water partition coefficient (Wildman–Crippen LogP) is 2.38. The third-order valence-corrected chi connectivity index (χ3v) is 2.31. The summed E-state index contributed by atoms with van der Waals surface area (Å²) in [6.45, 7) is 1.40. The molecule has 0 radical (unpaired) electrons. The maximum absolute atomic E-state index is 12.7. The van der Waals surface area contributed by atoms with E-state index in [2.05, 4.69) is 21.2 Å². The van der Waals surface area contributed by atoms with Crippen LogP contribution in [0.25, 0.3) is 0 Å². The Balaban J connectivity index is 2.78. The standard InChI is InChI=1S/C8H9BrFNO/c1-5(12)11-8-4-6(10)2-3-7(8)9/h4H,2-3H2,1H3,(H,11,12). The molecule has 0 saturated carbocycles. The minimum absolute atomic E-state index is 0.187. The number of hydrogen-bond donors (Lipinski definition) is 1. The van der Waals surface area contributed by atoms with Crippen molar-refractivity contribution in [2.75, 3.05) is 0 Å². The number of halogens is 2. The van der Waals surface area contributed by atoms with Crippen LogP contribution in [0, 0.1) is 0 Å². The van der Waals surface area contributed by atoms with Crippen LogP contribution < -0.4 is 5.32 Å². The summed E-state index contributed by atoms with van der Waals surface area (Å²) in [4.78, 5) is 10.6. The van der Waals surface area contributed by atoms with E-state index in [0.717, 1.165) is 4.48 Å². The number of carbonyl (C=O) groups is 1. The van der Waals surface area contributed by atoms with Crippen molar-refractivity contribution in [3.63, 3.8) is 0 Å². The Bertz CT molecular complexity index is 270. The second-order valence-corrected chi connectivity index (χ2v) is 3.55. The van der Waals surface area contributed by atoms with Crippen LogP contribution in [0.15, 0.2) is 22.1 Å². The van der Waals surface area contributed by atoms with Gasteiger partial charge in [-0.3, -0.25) is 4.79 Å². The summed E-state index contributed by atoms with van der Waals surface area (Å²) in [6.07, 6.45) is 2.36. The van der Waals surface area contributed by atoms with Gasteiger partial charge in [-0.2, -0.15) is 0 Å². The van der Waals surface area contributed by atoms with E-state index in [1.54, 1.807) is 0 Å². The zero-order chi connectivity index (χ0) is 9.14. The molecule has 0 atom stereocenters. The molecule has 1 aliphatic rings. The average Bonchev–Trinajstić information content (AvgIpc) is 1.96. The molecule has 1 amide bonds. The van der Waals surface area contributed by atoms with Gasteiger partial charge in [0.25, 0.3) is 0 Å². The Morgan fingerprint density at radius 2 is 2.33 bits per heavy atom. The summed E-state index contributed by atoms with van der Waals surface area (Å²) in [6, 6.07) is 0. The van der Waals surface area contributed by atoms with Crippen LogP contribution in [0.5, 0.6) is 0 Å². The van der Waals surface area contributed by atoms with Gasteiger partial charge >= 0.3 is 0 Å².